The van der Waals surface area contributed by atoms with Crippen LogP contribution in [-0.2, 0) is 0 Å². The molecule has 1 heterocycles. The Kier molecular flexibility index (Phi) is 4.40. The van der Waals surface area contributed by atoms with Gasteiger partial charge >= 0.3 is 0 Å². The number of nitrogens with zero attached hydrogens (tertiary/aromatic N) is 1. The van der Waals surface area contributed by atoms with Crippen molar-refractivity contribution in [3.63, 3.8) is 0 Å². The van der Waals surface area contributed by atoms with E-state index >= 15 is 0 Å². The second kappa shape index (κ2) is 6.27. The zero-order chi connectivity index (χ0) is 11.9. The molecule has 2 N–H and O–H groups in total. The highest BCUT2D eigenvalue weighted by molar-refractivity contribution is 5.36. The first-order valence-corrected chi connectivity index (χ1v) is 6.15. The van der Waals surface area contributed by atoms with Crippen molar-refractivity contribution in [2.24, 2.45) is 11.7 Å². The normalized spacial score (nSPS) is 15.4. The van der Waals surface area contributed by atoms with Crippen LogP contribution < -0.4 is 10.5 Å². The first-order valence-electron chi connectivity index (χ1n) is 6.15. The topological polar surface area (TPSA) is 48.1 Å². The van der Waals surface area contributed by atoms with Crippen LogP contribution in [0.1, 0.15) is 31.2 Å². The summed E-state index contributed by atoms with van der Waals surface area (Å²) in [5.74, 6) is 7.29. The van der Waals surface area contributed by atoms with Gasteiger partial charge in [-0.05, 0) is 24.8 Å². The SMILES string of the molecule is NCC#Cc1cncc(OCC2CCCC2)c1. The standard InChI is InChI=1S/C14H18N2O/c15-7-3-6-13-8-14(10-16-9-13)17-11-12-4-1-2-5-12/h8-10,12H,1-2,4-5,7,11,15H2. The van der Waals surface area contributed by atoms with Crippen molar-refractivity contribution in [3.05, 3.63) is 24.0 Å². The molecule has 1 aliphatic rings. The molecule has 17 heavy (non-hydrogen) atoms. The average Bonchev–Trinajstić information content (AvgIpc) is 2.87. The monoisotopic (exact) mass is 230 g/mol. The zero-order valence-corrected chi connectivity index (χ0v) is 9.98. The molecule has 0 aromatic carbocycles. The van der Waals surface area contributed by atoms with E-state index < -0.39 is 0 Å². The van der Waals surface area contributed by atoms with Gasteiger partial charge in [0, 0.05) is 11.8 Å². The maximum atomic E-state index is 5.75. The molecule has 1 fully saturated rings. The molecule has 0 amide bonds. The quantitative estimate of drug-likeness (QED) is 0.807. The second-order valence-electron chi connectivity index (χ2n) is 4.38. The van der Waals surface area contributed by atoms with Crippen molar-refractivity contribution in [1.82, 2.24) is 4.98 Å². The molecule has 0 bridgehead atoms. The summed E-state index contributed by atoms with van der Waals surface area (Å²) in [5, 5.41) is 0. The molecular formula is C14H18N2O. The molecule has 90 valence electrons. The van der Waals surface area contributed by atoms with Crippen molar-refractivity contribution < 1.29 is 4.74 Å². The van der Waals surface area contributed by atoms with Crippen LogP contribution in [0.4, 0.5) is 0 Å². The highest BCUT2D eigenvalue weighted by Gasteiger charge is 2.15. The summed E-state index contributed by atoms with van der Waals surface area (Å²) in [6.45, 7) is 1.17. The minimum absolute atomic E-state index is 0.368. The predicted octanol–water partition coefficient (Wildman–Crippen LogP) is 1.96. The van der Waals surface area contributed by atoms with Crippen LogP contribution in [0.3, 0.4) is 0 Å². The lowest BCUT2D eigenvalue weighted by Gasteiger charge is -2.10. The lowest BCUT2D eigenvalue weighted by molar-refractivity contribution is 0.251. The van der Waals surface area contributed by atoms with Crippen LogP contribution >= 0.6 is 0 Å². The predicted molar refractivity (Wildman–Crippen MR) is 67.6 cm³/mol. The van der Waals surface area contributed by atoms with Crippen LogP contribution in [-0.4, -0.2) is 18.1 Å². The third-order valence-corrected chi connectivity index (χ3v) is 3.01. The Balaban J connectivity index is 1.91. The number of hydrogen-bond donors (Lipinski definition) is 1. The Labute approximate surface area is 102 Å². The first-order chi connectivity index (χ1) is 8.38. The minimum Gasteiger partial charge on any atom is -0.492 e. The molecule has 0 spiro atoms. The van der Waals surface area contributed by atoms with Gasteiger partial charge in [0.05, 0.1) is 19.3 Å². The molecule has 1 saturated carbocycles. The number of hydrogen-bond acceptors (Lipinski definition) is 3. The zero-order valence-electron chi connectivity index (χ0n) is 9.98. The highest BCUT2D eigenvalue weighted by atomic mass is 16.5. The molecule has 3 nitrogen and oxygen atoms in total. The molecule has 0 unspecified atom stereocenters. The van der Waals surface area contributed by atoms with Crippen LogP contribution in [0.2, 0.25) is 0 Å². The molecule has 0 radical (unpaired) electrons. The van der Waals surface area contributed by atoms with Crippen LogP contribution in [0.15, 0.2) is 18.5 Å². The fourth-order valence-electron chi connectivity index (χ4n) is 2.11. The van der Waals surface area contributed by atoms with E-state index in [2.05, 4.69) is 16.8 Å². The summed E-state index contributed by atoms with van der Waals surface area (Å²) >= 11 is 0. The third kappa shape index (κ3) is 3.76. The van der Waals surface area contributed by atoms with Crippen molar-refractivity contribution in [3.8, 4) is 17.6 Å². The Morgan fingerprint density at radius 2 is 2.18 bits per heavy atom. The van der Waals surface area contributed by atoms with Gasteiger partial charge in [0.25, 0.3) is 0 Å². The van der Waals surface area contributed by atoms with E-state index in [1.54, 1.807) is 12.4 Å². The van der Waals surface area contributed by atoms with E-state index in [1.807, 2.05) is 6.07 Å². The maximum absolute atomic E-state index is 5.75. The van der Waals surface area contributed by atoms with Gasteiger partial charge in [0.2, 0.25) is 0 Å². The molecule has 1 aromatic heterocycles. The van der Waals surface area contributed by atoms with Gasteiger partial charge in [0.1, 0.15) is 5.75 Å². The van der Waals surface area contributed by atoms with Gasteiger partial charge in [-0.2, -0.15) is 0 Å². The van der Waals surface area contributed by atoms with Crippen molar-refractivity contribution in [1.29, 1.82) is 0 Å². The first kappa shape index (κ1) is 11.9. The van der Waals surface area contributed by atoms with E-state index in [0.29, 0.717) is 12.5 Å². The Morgan fingerprint density at radius 3 is 2.94 bits per heavy atom. The van der Waals surface area contributed by atoms with Crippen molar-refractivity contribution in [2.75, 3.05) is 13.2 Å². The lowest BCUT2D eigenvalue weighted by Crippen LogP contribution is -2.08. The molecule has 0 saturated heterocycles. The summed E-state index contributed by atoms with van der Waals surface area (Å²) in [5.41, 5.74) is 6.19. The molecule has 1 aliphatic carbocycles. The lowest BCUT2D eigenvalue weighted by atomic mass is 10.1. The van der Waals surface area contributed by atoms with Crippen LogP contribution in [0.25, 0.3) is 0 Å². The van der Waals surface area contributed by atoms with E-state index in [4.69, 9.17) is 10.5 Å². The van der Waals surface area contributed by atoms with Crippen LogP contribution in [0.5, 0.6) is 5.75 Å². The fraction of sp³-hybridized carbons (Fsp3) is 0.500. The average molecular weight is 230 g/mol. The molecule has 2 rings (SSSR count). The smallest absolute Gasteiger partial charge is 0.138 e. The van der Waals surface area contributed by atoms with Gasteiger partial charge in [-0.1, -0.05) is 24.7 Å². The van der Waals surface area contributed by atoms with Gasteiger partial charge in [-0.25, -0.2) is 0 Å². The van der Waals surface area contributed by atoms with Crippen molar-refractivity contribution >= 4 is 0 Å². The molecular weight excluding hydrogens is 212 g/mol. The third-order valence-electron chi connectivity index (χ3n) is 3.01. The summed E-state index contributed by atoms with van der Waals surface area (Å²) in [6.07, 6.45) is 8.73. The molecule has 1 aromatic rings. The molecule has 3 heteroatoms. The maximum Gasteiger partial charge on any atom is 0.138 e. The summed E-state index contributed by atoms with van der Waals surface area (Å²) in [4.78, 5) is 4.11. The summed E-state index contributed by atoms with van der Waals surface area (Å²) < 4.78 is 5.75. The summed E-state index contributed by atoms with van der Waals surface area (Å²) in [7, 11) is 0. The Morgan fingerprint density at radius 1 is 1.35 bits per heavy atom. The van der Waals surface area contributed by atoms with E-state index in [9.17, 15) is 0 Å². The molecule has 0 aliphatic heterocycles. The van der Waals surface area contributed by atoms with E-state index in [-0.39, 0.29) is 0 Å². The van der Waals surface area contributed by atoms with Crippen LogP contribution in [0, 0.1) is 17.8 Å². The van der Waals surface area contributed by atoms with Gasteiger partial charge < -0.3 is 10.5 Å². The van der Waals surface area contributed by atoms with Gasteiger partial charge in [-0.15, -0.1) is 0 Å². The second-order valence-corrected chi connectivity index (χ2v) is 4.38. The number of ether oxygens (including phenoxy) is 1. The van der Waals surface area contributed by atoms with E-state index in [0.717, 1.165) is 17.9 Å². The van der Waals surface area contributed by atoms with Gasteiger partial charge in [0.15, 0.2) is 0 Å². The highest BCUT2D eigenvalue weighted by Crippen LogP contribution is 2.25. The molecule has 0 atom stereocenters. The van der Waals surface area contributed by atoms with Gasteiger partial charge in [-0.3, -0.25) is 4.98 Å². The number of aromatic nitrogens is 1. The largest absolute Gasteiger partial charge is 0.492 e. The van der Waals surface area contributed by atoms with E-state index in [1.165, 1.54) is 25.7 Å². The number of rotatable bonds is 3. The summed E-state index contributed by atoms with van der Waals surface area (Å²) in [6, 6.07) is 1.92. The Hall–Kier alpha value is -1.53. The number of pyridine rings is 1. The number of nitrogens with two attached hydrogens (primary N) is 1. The fourth-order valence-corrected chi connectivity index (χ4v) is 2.11. The minimum atomic E-state index is 0.368. The van der Waals surface area contributed by atoms with Crippen molar-refractivity contribution in [2.45, 2.75) is 25.7 Å². The Bertz CT molecular complexity index is 414.